The molecule has 2 heterocycles. The number of oxazole rings is 1. The number of aromatic nitrogens is 1. The molecule has 0 spiro atoms. The molecule has 1 aromatic heterocycles. The molecule has 1 saturated heterocycles. The van der Waals surface area contributed by atoms with Crippen LogP contribution in [0, 0.1) is 6.92 Å². The third kappa shape index (κ3) is 4.20. The van der Waals surface area contributed by atoms with E-state index >= 15 is 0 Å². The molecule has 0 aliphatic carbocycles. The van der Waals surface area contributed by atoms with Gasteiger partial charge in [0.1, 0.15) is 5.76 Å². The first kappa shape index (κ1) is 16.8. The van der Waals surface area contributed by atoms with Gasteiger partial charge in [0.2, 0.25) is 0 Å². The Hall–Kier alpha value is -1.60. The number of hydrogen-bond acceptors (Lipinski definition) is 5. The molecule has 1 N–H and O–H groups in total. The van der Waals surface area contributed by atoms with Gasteiger partial charge in [0.05, 0.1) is 31.5 Å². The maximum Gasteiger partial charge on any atom is 0.318 e. The molecule has 0 aromatic carbocycles. The van der Waals surface area contributed by atoms with Gasteiger partial charge < -0.3 is 24.1 Å². The molecule has 0 bridgehead atoms. The fourth-order valence-corrected chi connectivity index (χ4v) is 2.47. The predicted molar refractivity (Wildman–Crippen MR) is 80.7 cm³/mol. The highest BCUT2D eigenvalue weighted by Crippen LogP contribution is 2.14. The van der Waals surface area contributed by atoms with Crippen LogP contribution in [0.3, 0.4) is 0 Å². The summed E-state index contributed by atoms with van der Waals surface area (Å²) in [7, 11) is 1.63. The number of carbonyl (C=O) groups excluding carboxylic acids is 1. The first-order valence-corrected chi connectivity index (χ1v) is 7.72. The summed E-state index contributed by atoms with van der Waals surface area (Å²) >= 11 is 0. The SMILES string of the molecule is CCc1nc(C)c(CNC(=O)N(CCOC)C2CCOC2)o1. The molecule has 7 nitrogen and oxygen atoms in total. The van der Waals surface area contributed by atoms with Crippen molar-refractivity contribution in [2.45, 2.75) is 39.3 Å². The van der Waals surface area contributed by atoms with E-state index in [1.807, 2.05) is 13.8 Å². The standard InChI is InChI=1S/C15H25N3O4/c1-4-14-17-11(2)13(22-14)9-16-15(19)18(6-8-20-3)12-5-7-21-10-12/h12H,4-10H2,1-3H3,(H,16,19). The quantitative estimate of drug-likeness (QED) is 0.825. The van der Waals surface area contributed by atoms with Crippen molar-refractivity contribution in [2.75, 3.05) is 33.5 Å². The first-order chi connectivity index (χ1) is 10.7. The van der Waals surface area contributed by atoms with Gasteiger partial charge in [-0.05, 0) is 13.3 Å². The number of rotatable bonds is 7. The average Bonchev–Trinajstić information content (AvgIpc) is 3.15. The molecule has 0 saturated carbocycles. The van der Waals surface area contributed by atoms with Gasteiger partial charge in [-0.3, -0.25) is 0 Å². The molecule has 1 unspecified atom stereocenters. The van der Waals surface area contributed by atoms with E-state index in [1.165, 1.54) is 0 Å². The maximum absolute atomic E-state index is 12.4. The average molecular weight is 311 g/mol. The van der Waals surface area contributed by atoms with Crippen LogP contribution >= 0.6 is 0 Å². The van der Waals surface area contributed by atoms with E-state index in [-0.39, 0.29) is 12.1 Å². The summed E-state index contributed by atoms with van der Waals surface area (Å²) in [6.45, 7) is 6.55. The largest absolute Gasteiger partial charge is 0.444 e. The highest BCUT2D eigenvalue weighted by Gasteiger charge is 2.27. The van der Waals surface area contributed by atoms with Crippen molar-refractivity contribution >= 4 is 6.03 Å². The maximum atomic E-state index is 12.4. The Balaban J connectivity index is 1.93. The van der Waals surface area contributed by atoms with Crippen LogP contribution in [0.1, 0.15) is 30.7 Å². The molecule has 2 rings (SSSR count). The Bertz CT molecular complexity index is 483. The van der Waals surface area contributed by atoms with Crippen LogP contribution in [0.4, 0.5) is 4.79 Å². The second-order valence-corrected chi connectivity index (χ2v) is 5.33. The van der Waals surface area contributed by atoms with Gasteiger partial charge in [-0.2, -0.15) is 0 Å². The lowest BCUT2D eigenvalue weighted by Crippen LogP contribution is -2.47. The van der Waals surface area contributed by atoms with Crippen LogP contribution in [0.2, 0.25) is 0 Å². The van der Waals surface area contributed by atoms with Gasteiger partial charge in [0, 0.05) is 26.7 Å². The fraction of sp³-hybridized carbons (Fsp3) is 0.733. The third-order valence-electron chi connectivity index (χ3n) is 3.78. The number of ether oxygens (including phenoxy) is 2. The molecule has 22 heavy (non-hydrogen) atoms. The lowest BCUT2D eigenvalue weighted by molar-refractivity contribution is 0.116. The summed E-state index contributed by atoms with van der Waals surface area (Å²) in [5.74, 6) is 1.40. The number of nitrogens with one attached hydrogen (secondary N) is 1. The fourth-order valence-electron chi connectivity index (χ4n) is 2.47. The van der Waals surface area contributed by atoms with Crippen molar-refractivity contribution in [3.8, 4) is 0 Å². The van der Waals surface area contributed by atoms with E-state index < -0.39 is 0 Å². The number of aryl methyl sites for hydroxylation is 2. The van der Waals surface area contributed by atoms with Gasteiger partial charge in [0.25, 0.3) is 0 Å². The summed E-state index contributed by atoms with van der Waals surface area (Å²) < 4.78 is 16.1. The highest BCUT2D eigenvalue weighted by atomic mass is 16.5. The summed E-state index contributed by atoms with van der Waals surface area (Å²) in [6, 6.07) is -0.0152. The van der Waals surface area contributed by atoms with Crippen LogP contribution < -0.4 is 5.32 Å². The van der Waals surface area contributed by atoms with Gasteiger partial charge in [-0.25, -0.2) is 9.78 Å². The molecule has 7 heteroatoms. The predicted octanol–water partition coefficient (Wildman–Crippen LogP) is 1.49. The summed E-state index contributed by atoms with van der Waals surface area (Å²) in [6.07, 6.45) is 1.60. The van der Waals surface area contributed by atoms with Crippen molar-refractivity contribution in [1.29, 1.82) is 0 Å². The number of hydrogen-bond donors (Lipinski definition) is 1. The van der Waals surface area contributed by atoms with E-state index in [1.54, 1.807) is 12.0 Å². The number of amides is 2. The van der Waals surface area contributed by atoms with Crippen LogP contribution in [0.5, 0.6) is 0 Å². The van der Waals surface area contributed by atoms with Crippen molar-refractivity contribution in [3.63, 3.8) is 0 Å². The second kappa shape index (κ2) is 8.14. The summed E-state index contributed by atoms with van der Waals surface area (Å²) in [5.41, 5.74) is 0.824. The zero-order valence-corrected chi connectivity index (χ0v) is 13.6. The molecule has 124 valence electrons. The molecule has 1 aliphatic rings. The summed E-state index contributed by atoms with van der Waals surface area (Å²) in [5, 5.41) is 2.91. The van der Waals surface area contributed by atoms with Crippen LogP contribution in [0.15, 0.2) is 4.42 Å². The number of carbonyl (C=O) groups is 1. The minimum atomic E-state index is -0.124. The Kier molecular flexibility index (Phi) is 6.21. The van der Waals surface area contributed by atoms with E-state index in [2.05, 4.69) is 10.3 Å². The molecule has 1 atom stereocenters. The lowest BCUT2D eigenvalue weighted by Gasteiger charge is -2.27. The van der Waals surface area contributed by atoms with Gasteiger partial charge in [-0.1, -0.05) is 6.92 Å². The second-order valence-electron chi connectivity index (χ2n) is 5.33. The first-order valence-electron chi connectivity index (χ1n) is 7.72. The normalized spacial score (nSPS) is 17.7. The number of urea groups is 1. The molecule has 1 aliphatic heterocycles. The van der Waals surface area contributed by atoms with Crippen molar-refractivity contribution in [1.82, 2.24) is 15.2 Å². The molecule has 0 radical (unpaired) electrons. The lowest BCUT2D eigenvalue weighted by atomic mass is 10.2. The van der Waals surface area contributed by atoms with Crippen molar-refractivity contribution in [2.24, 2.45) is 0 Å². The Morgan fingerprint density at radius 1 is 1.55 bits per heavy atom. The van der Waals surface area contributed by atoms with E-state index in [4.69, 9.17) is 13.9 Å². The minimum Gasteiger partial charge on any atom is -0.444 e. The van der Waals surface area contributed by atoms with E-state index in [0.717, 1.165) is 18.5 Å². The number of nitrogens with zero attached hydrogens (tertiary/aromatic N) is 2. The van der Waals surface area contributed by atoms with Gasteiger partial charge in [0.15, 0.2) is 5.89 Å². The zero-order chi connectivity index (χ0) is 15.9. The van der Waals surface area contributed by atoms with E-state index in [9.17, 15) is 4.79 Å². The zero-order valence-electron chi connectivity index (χ0n) is 13.6. The van der Waals surface area contributed by atoms with Crippen LogP contribution in [-0.4, -0.2) is 55.4 Å². The molecular weight excluding hydrogens is 286 g/mol. The van der Waals surface area contributed by atoms with Crippen LogP contribution in [0.25, 0.3) is 0 Å². The molecule has 1 aromatic rings. The third-order valence-corrected chi connectivity index (χ3v) is 3.78. The van der Waals surface area contributed by atoms with E-state index in [0.29, 0.717) is 44.6 Å². The van der Waals surface area contributed by atoms with Crippen molar-refractivity contribution < 1.29 is 18.7 Å². The minimum absolute atomic E-state index is 0.108. The Labute approximate surface area is 131 Å². The smallest absolute Gasteiger partial charge is 0.318 e. The number of methoxy groups -OCH3 is 1. The Morgan fingerprint density at radius 2 is 2.36 bits per heavy atom. The highest BCUT2D eigenvalue weighted by molar-refractivity contribution is 5.74. The monoisotopic (exact) mass is 311 g/mol. The van der Waals surface area contributed by atoms with Gasteiger partial charge in [-0.15, -0.1) is 0 Å². The van der Waals surface area contributed by atoms with Crippen LogP contribution in [-0.2, 0) is 22.4 Å². The van der Waals surface area contributed by atoms with Crippen molar-refractivity contribution in [3.05, 3.63) is 17.3 Å². The van der Waals surface area contributed by atoms with Gasteiger partial charge >= 0.3 is 6.03 Å². The molecule has 1 fully saturated rings. The summed E-state index contributed by atoms with van der Waals surface area (Å²) in [4.78, 5) is 18.5. The Morgan fingerprint density at radius 3 is 2.95 bits per heavy atom. The molecular formula is C15H25N3O4. The molecule has 2 amide bonds. The topological polar surface area (TPSA) is 76.8 Å².